The molecular formula is C12H16N2O6S. The zero-order chi connectivity index (χ0) is 16.4. The van der Waals surface area contributed by atoms with Crippen molar-refractivity contribution < 1.29 is 23.2 Å². The summed E-state index contributed by atoms with van der Waals surface area (Å²) in [5.74, 6) is -1.23. The molecule has 1 rings (SSSR count). The monoisotopic (exact) mass is 316 g/mol. The van der Waals surface area contributed by atoms with Crippen LogP contribution in [0.1, 0.15) is 26.3 Å². The fraction of sp³-hybridized carbons (Fsp3) is 0.417. The molecule has 0 amide bonds. The van der Waals surface area contributed by atoms with Crippen molar-refractivity contribution in [3.63, 3.8) is 0 Å². The number of nitrogens with one attached hydrogen (secondary N) is 1. The molecule has 8 nitrogen and oxygen atoms in total. The number of carboxylic acid groups (broad SMARTS) is 1. The SMILES string of the molecule is CC(C)(C)NS(=O)(=O)c1cc([N+](=O)[O-])ccc1CC(=O)O. The molecule has 0 fully saturated rings. The number of sulfonamides is 1. The first kappa shape index (κ1) is 17.1. The van der Waals surface area contributed by atoms with Crippen LogP contribution in [0.25, 0.3) is 0 Å². The number of hydrogen-bond donors (Lipinski definition) is 2. The number of benzene rings is 1. The van der Waals surface area contributed by atoms with E-state index in [0.717, 1.165) is 18.2 Å². The third kappa shape index (κ3) is 4.80. The average Bonchev–Trinajstić information content (AvgIpc) is 2.24. The lowest BCUT2D eigenvalue weighted by Crippen LogP contribution is -2.40. The highest BCUT2D eigenvalue weighted by Gasteiger charge is 2.27. The van der Waals surface area contributed by atoms with Gasteiger partial charge in [0.2, 0.25) is 10.0 Å². The highest BCUT2D eigenvalue weighted by molar-refractivity contribution is 7.89. The quantitative estimate of drug-likeness (QED) is 0.622. The van der Waals surface area contributed by atoms with E-state index in [1.807, 2.05) is 0 Å². The van der Waals surface area contributed by atoms with E-state index in [1.165, 1.54) is 0 Å². The summed E-state index contributed by atoms with van der Waals surface area (Å²) in [5.41, 5.74) is -1.23. The molecule has 1 aromatic rings. The van der Waals surface area contributed by atoms with Crippen LogP contribution < -0.4 is 4.72 Å². The van der Waals surface area contributed by atoms with Crippen molar-refractivity contribution in [3.8, 4) is 0 Å². The maximum atomic E-state index is 12.3. The molecule has 0 bridgehead atoms. The van der Waals surface area contributed by atoms with Gasteiger partial charge in [-0.15, -0.1) is 0 Å². The van der Waals surface area contributed by atoms with Crippen LogP contribution >= 0.6 is 0 Å². The van der Waals surface area contributed by atoms with Crippen molar-refractivity contribution in [2.24, 2.45) is 0 Å². The van der Waals surface area contributed by atoms with Crippen LogP contribution in [0.3, 0.4) is 0 Å². The van der Waals surface area contributed by atoms with Gasteiger partial charge in [0.05, 0.1) is 16.2 Å². The van der Waals surface area contributed by atoms with E-state index in [1.54, 1.807) is 20.8 Å². The third-order valence-corrected chi connectivity index (χ3v) is 4.17. The van der Waals surface area contributed by atoms with Gasteiger partial charge in [0.1, 0.15) is 0 Å². The van der Waals surface area contributed by atoms with Crippen LogP contribution in [0.4, 0.5) is 5.69 Å². The van der Waals surface area contributed by atoms with Crippen LogP contribution in [0.2, 0.25) is 0 Å². The number of hydrogen-bond acceptors (Lipinski definition) is 5. The summed E-state index contributed by atoms with van der Waals surface area (Å²) in [5, 5.41) is 19.6. The summed E-state index contributed by atoms with van der Waals surface area (Å²) in [7, 11) is -4.07. The van der Waals surface area contributed by atoms with Gasteiger partial charge >= 0.3 is 5.97 Å². The Morgan fingerprint density at radius 3 is 2.38 bits per heavy atom. The Bertz CT molecular complexity index is 675. The van der Waals surface area contributed by atoms with E-state index in [2.05, 4.69) is 4.72 Å². The Kier molecular flexibility index (Phi) is 4.69. The third-order valence-electron chi connectivity index (χ3n) is 2.33. The van der Waals surface area contributed by atoms with Crippen molar-refractivity contribution in [1.29, 1.82) is 0 Å². The molecule has 116 valence electrons. The molecular weight excluding hydrogens is 300 g/mol. The first-order valence-electron chi connectivity index (χ1n) is 5.95. The molecule has 0 heterocycles. The summed E-state index contributed by atoms with van der Waals surface area (Å²) in [6, 6.07) is 3.09. The number of nitrogens with zero attached hydrogens (tertiary/aromatic N) is 1. The fourth-order valence-electron chi connectivity index (χ4n) is 1.67. The minimum Gasteiger partial charge on any atom is -0.481 e. The van der Waals surface area contributed by atoms with Gasteiger partial charge in [-0.05, 0) is 26.3 Å². The van der Waals surface area contributed by atoms with Crippen molar-refractivity contribution in [2.45, 2.75) is 37.6 Å². The van der Waals surface area contributed by atoms with Crippen LogP contribution in [0.5, 0.6) is 0 Å². The molecule has 0 aromatic heterocycles. The zero-order valence-electron chi connectivity index (χ0n) is 11.8. The van der Waals surface area contributed by atoms with E-state index >= 15 is 0 Å². The molecule has 0 saturated heterocycles. The molecule has 9 heteroatoms. The first-order chi connectivity index (χ1) is 9.42. The van der Waals surface area contributed by atoms with E-state index < -0.39 is 43.5 Å². The molecule has 21 heavy (non-hydrogen) atoms. The Morgan fingerprint density at radius 2 is 1.95 bits per heavy atom. The van der Waals surface area contributed by atoms with Crippen molar-refractivity contribution in [2.75, 3.05) is 0 Å². The number of non-ortho nitro benzene ring substituents is 1. The molecule has 0 aliphatic heterocycles. The molecule has 0 saturated carbocycles. The van der Waals surface area contributed by atoms with Gasteiger partial charge in [-0.3, -0.25) is 14.9 Å². The smallest absolute Gasteiger partial charge is 0.307 e. The van der Waals surface area contributed by atoms with Crippen LogP contribution in [-0.4, -0.2) is 30.0 Å². The number of nitro groups is 1. The van der Waals surface area contributed by atoms with Gasteiger partial charge in [0.25, 0.3) is 5.69 Å². The first-order valence-corrected chi connectivity index (χ1v) is 7.44. The predicted octanol–water partition coefficient (Wildman–Crippen LogP) is 1.30. The Labute approximate surface area is 122 Å². The van der Waals surface area contributed by atoms with Gasteiger partial charge in [-0.25, -0.2) is 13.1 Å². The minimum absolute atomic E-state index is 0.00940. The molecule has 0 atom stereocenters. The van der Waals surface area contributed by atoms with Gasteiger partial charge in [-0.1, -0.05) is 6.07 Å². The van der Waals surface area contributed by atoms with Crippen molar-refractivity contribution >= 4 is 21.7 Å². The zero-order valence-corrected chi connectivity index (χ0v) is 12.6. The highest BCUT2D eigenvalue weighted by Crippen LogP contribution is 2.24. The van der Waals surface area contributed by atoms with E-state index in [4.69, 9.17) is 5.11 Å². The van der Waals surface area contributed by atoms with E-state index in [9.17, 15) is 23.3 Å². The molecule has 0 spiro atoms. The predicted molar refractivity (Wildman–Crippen MR) is 74.5 cm³/mol. The lowest BCUT2D eigenvalue weighted by Gasteiger charge is -2.21. The summed E-state index contributed by atoms with van der Waals surface area (Å²) in [6.45, 7) is 4.83. The Balaban J connectivity index is 3.45. The number of carbonyl (C=O) groups is 1. The van der Waals surface area contributed by atoms with Gasteiger partial charge in [0.15, 0.2) is 0 Å². The van der Waals surface area contributed by atoms with Gasteiger partial charge in [-0.2, -0.15) is 0 Å². The summed E-state index contributed by atoms with van der Waals surface area (Å²) in [4.78, 5) is 20.4. The summed E-state index contributed by atoms with van der Waals surface area (Å²) in [6.07, 6.45) is -0.543. The fourth-order valence-corrected chi connectivity index (χ4v) is 3.35. The normalized spacial score (nSPS) is 12.1. The topological polar surface area (TPSA) is 127 Å². The molecule has 0 unspecified atom stereocenters. The second-order valence-electron chi connectivity index (χ2n) is 5.48. The summed E-state index contributed by atoms with van der Waals surface area (Å²) >= 11 is 0. The number of rotatable bonds is 5. The second-order valence-corrected chi connectivity index (χ2v) is 7.13. The van der Waals surface area contributed by atoms with E-state index in [-0.39, 0.29) is 5.56 Å². The highest BCUT2D eigenvalue weighted by atomic mass is 32.2. The number of carboxylic acids is 1. The maximum Gasteiger partial charge on any atom is 0.307 e. The largest absolute Gasteiger partial charge is 0.481 e. The lowest BCUT2D eigenvalue weighted by atomic mass is 10.1. The van der Waals surface area contributed by atoms with Crippen LogP contribution in [0.15, 0.2) is 23.1 Å². The Hall–Kier alpha value is -2.00. The molecule has 1 aromatic carbocycles. The Morgan fingerprint density at radius 1 is 1.38 bits per heavy atom. The molecule has 0 radical (unpaired) electrons. The molecule has 0 aliphatic rings. The summed E-state index contributed by atoms with van der Waals surface area (Å²) < 4.78 is 26.9. The second kappa shape index (κ2) is 5.78. The van der Waals surface area contributed by atoms with Crippen LogP contribution in [0, 0.1) is 10.1 Å². The lowest BCUT2D eigenvalue weighted by molar-refractivity contribution is -0.385. The molecule has 2 N–H and O–H groups in total. The number of aliphatic carboxylic acids is 1. The average molecular weight is 316 g/mol. The minimum atomic E-state index is -4.07. The van der Waals surface area contributed by atoms with Crippen molar-refractivity contribution in [3.05, 3.63) is 33.9 Å². The van der Waals surface area contributed by atoms with Crippen molar-refractivity contribution in [1.82, 2.24) is 4.72 Å². The standard InChI is InChI=1S/C12H16N2O6S/c1-12(2,3)13-21(19,20)10-7-9(14(17)18)5-4-8(10)6-11(15)16/h4-5,7,13H,6H2,1-3H3,(H,15,16). The maximum absolute atomic E-state index is 12.3. The van der Waals surface area contributed by atoms with Gasteiger partial charge < -0.3 is 5.11 Å². The van der Waals surface area contributed by atoms with E-state index in [0.29, 0.717) is 0 Å². The van der Waals surface area contributed by atoms with Crippen LogP contribution in [-0.2, 0) is 21.2 Å². The van der Waals surface area contributed by atoms with Gasteiger partial charge in [0, 0.05) is 17.7 Å². The molecule has 0 aliphatic carbocycles. The number of nitro benzene ring substituents is 1.